The van der Waals surface area contributed by atoms with Crippen LogP contribution in [0.4, 0.5) is 32.0 Å². The van der Waals surface area contributed by atoms with E-state index in [4.69, 9.17) is 4.52 Å². The Bertz CT molecular complexity index is 963. The topological polar surface area (TPSA) is 68.0 Å². The first kappa shape index (κ1) is 20.8. The van der Waals surface area contributed by atoms with Crippen molar-refractivity contribution in [2.45, 2.75) is 25.2 Å². The summed E-state index contributed by atoms with van der Waals surface area (Å²) in [5.41, 5.74) is -2.92. The highest BCUT2D eigenvalue weighted by Gasteiger charge is 2.37. The molecular formula is C17H11F6N3O2S. The highest BCUT2D eigenvalue weighted by Crippen LogP contribution is 2.37. The van der Waals surface area contributed by atoms with E-state index in [1.807, 2.05) is 10.7 Å². The van der Waals surface area contributed by atoms with Crippen LogP contribution in [0.2, 0.25) is 0 Å². The van der Waals surface area contributed by atoms with Crippen LogP contribution in [0.1, 0.15) is 23.4 Å². The molecule has 0 saturated carbocycles. The third-order valence-corrected chi connectivity index (χ3v) is 4.37. The van der Waals surface area contributed by atoms with Crippen molar-refractivity contribution < 1.29 is 35.7 Å². The van der Waals surface area contributed by atoms with E-state index in [0.717, 1.165) is 5.56 Å². The maximum atomic E-state index is 12.9. The number of aryl methyl sites for hydroxylation is 1. The van der Waals surface area contributed by atoms with Crippen molar-refractivity contribution in [1.82, 2.24) is 10.1 Å². The van der Waals surface area contributed by atoms with Gasteiger partial charge in [-0.25, -0.2) is 0 Å². The van der Waals surface area contributed by atoms with E-state index in [1.54, 1.807) is 11.4 Å². The van der Waals surface area contributed by atoms with E-state index in [1.165, 1.54) is 11.3 Å². The van der Waals surface area contributed by atoms with Gasteiger partial charge in [0.1, 0.15) is 0 Å². The van der Waals surface area contributed by atoms with Crippen LogP contribution in [-0.4, -0.2) is 16.0 Å². The van der Waals surface area contributed by atoms with Crippen molar-refractivity contribution in [3.63, 3.8) is 0 Å². The van der Waals surface area contributed by atoms with Crippen LogP contribution >= 0.6 is 11.3 Å². The van der Waals surface area contributed by atoms with Gasteiger partial charge in [0.05, 0.1) is 11.1 Å². The summed E-state index contributed by atoms with van der Waals surface area (Å²) in [7, 11) is 0. The molecule has 12 heteroatoms. The number of carbonyl (C=O) groups excluding carboxylic acids is 1. The van der Waals surface area contributed by atoms with Crippen LogP contribution in [0.5, 0.6) is 0 Å². The van der Waals surface area contributed by atoms with E-state index in [9.17, 15) is 31.1 Å². The average Bonchev–Trinajstić information content (AvgIpc) is 3.29. The summed E-state index contributed by atoms with van der Waals surface area (Å²) < 4.78 is 82.1. The highest BCUT2D eigenvalue weighted by atomic mass is 32.1. The van der Waals surface area contributed by atoms with Crippen molar-refractivity contribution in [1.29, 1.82) is 0 Å². The molecule has 0 unspecified atom stereocenters. The number of benzene rings is 1. The molecule has 154 valence electrons. The molecule has 0 aliphatic carbocycles. The number of anilines is 1. The number of halogens is 6. The summed E-state index contributed by atoms with van der Waals surface area (Å²) in [6.45, 7) is 0. The molecule has 2 aromatic heterocycles. The fourth-order valence-corrected chi connectivity index (χ4v) is 2.97. The summed E-state index contributed by atoms with van der Waals surface area (Å²) in [6, 6.07) is 2.63. The Hall–Kier alpha value is -2.89. The second kappa shape index (κ2) is 7.85. The largest absolute Gasteiger partial charge is 0.416 e. The number of nitrogens with one attached hydrogen (secondary N) is 1. The quantitative estimate of drug-likeness (QED) is 0.545. The van der Waals surface area contributed by atoms with Crippen molar-refractivity contribution in [3.8, 4) is 11.4 Å². The number of carbonyl (C=O) groups is 1. The number of rotatable bonds is 5. The van der Waals surface area contributed by atoms with Gasteiger partial charge in [0.2, 0.25) is 17.6 Å². The minimum Gasteiger partial charge on any atom is -0.339 e. The molecule has 0 aliphatic rings. The Labute approximate surface area is 163 Å². The van der Waals surface area contributed by atoms with Crippen LogP contribution in [0.3, 0.4) is 0 Å². The van der Waals surface area contributed by atoms with Gasteiger partial charge in [-0.05, 0) is 29.6 Å². The Morgan fingerprint density at radius 1 is 1.07 bits per heavy atom. The van der Waals surface area contributed by atoms with Crippen molar-refractivity contribution in [2.75, 3.05) is 5.32 Å². The first-order chi connectivity index (χ1) is 13.5. The molecule has 0 aliphatic heterocycles. The maximum Gasteiger partial charge on any atom is 0.416 e. The Morgan fingerprint density at radius 3 is 2.28 bits per heavy atom. The predicted octanol–water partition coefficient (Wildman–Crippen LogP) is 5.41. The van der Waals surface area contributed by atoms with Crippen LogP contribution in [0.15, 0.2) is 39.5 Å². The highest BCUT2D eigenvalue weighted by molar-refractivity contribution is 7.08. The molecule has 3 aromatic rings. The number of amides is 1. The van der Waals surface area contributed by atoms with E-state index in [0.29, 0.717) is 18.0 Å². The lowest BCUT2D eigenvalue weighted by Crippen LogP contribution is -2.16. The second-order valence-corrected chi connectivity index (χ2v) is 6.65. The van der Waals surface area contributed by atoms with Gasteiger partial charge in [0.15, 0.2) is 0 Å². The zero-order chi connectivity index (χ0) is 21.2. The first-order valence-corrected chi connectivity index (χ1v) is 8.91. The van der Waals surface area contributed by atoms with Crippen LogP contribution in [0, 0.1) is 0 Å². The monoisotopic (exact) mass is 435 g/mol. The van der Waals surface area contributed by atoms with Gasteiger partial charge in [0.25, 0.3) is 0 Å². The Balaban J connectivity index is 1.68. The first-order valence-electron chi connectivity index (χ1n) is 7.97. The minimum absolute atomic E-state index is 0.0138. The molecule has 0 spiro atoms. The molecule has 1 N–H and O–H groups in total. The summed E-state index contributed by atoms with van der Waals surface area (Å²) in [4.78, 5) is 16.1. The number of aromatic nitrogens is 2. The van der Waals surface area contributed by atoms with E-state index >= 15 is 0 Å². The third-order valence-electron chi connectivity index (χ3n) is 3.68. The normalized spacial score (nSPS) is 12.2. The minimum atomic E-state index is -5.00. The zero-order valence-corrected chi connectivity index (χ0v) is 15.1. The number of alkyl halides is 6. The van der Waals surface area contributed by atoms with Crippen molar-refractivity contribution >= 4 is 22.9 Å². The van der Waals surface area contributed by atoms with Gasteiger partial charge in [-0.1, -0.05) is 5.16 Å². The average molecular weight is 435 g/mol. The summed E-state index contributed by atoms with van der Waals surface area (Å²) >= 11 is 1.42. The number of nitrogens with zero attached hydrogens (tertiary/aromatic N) is 2. The van der Waals surface area contributed by atoms with Crippen LogP contribution in [0.25, 0.3) is 11.4 Å². The zero-order valence-electron chi connectivity index (χ0n) is 14.3. The standard InChI is InChI=1S/C17H11F6N3O2S/c18-16(19,20)10-5-11(17(21,22)23)7-12(6-10)24-13(27)1-2-14-25-15(26-28-14)9-3-4-29-8-9/h3-8H,1-2H2,(H,24,27). The van der Waals surface area contributed by atoms with Gasteiger partial charge in [-0.15, -0.1) is 0 Å². The maximum absolute atomic E-state index is 12.9. The lowest BCUT2D eigenvalue weighted by molar-refractivity contribution is -0.143. The SMILES string of the molecule is O=C(CCc1nc(-c2ccsc2)no1)Nc1cc(C(F)(F)F)cc(C(F)(F)F)c1. The van der Waals surface area contributed by atoms with Crippen molar-refractivity contribution in [2.24, 2.45) is 0 Å². The van der Waals surface area contributed by atoms with Crippen LogP contribution < -0.4 is 5.32 Å². The van der Waals surface area contributed by atoms with Gasteiger partial charge in [-0.2, -0.15) is 42.7 Å². The van der Waals surface area contributed by atoms with Gasteiger partial charge >= 0.3 is 12.4 Å². The Morgan fingerprint density at radius 2 is 1.72 bits per heavy atom. The number of thiophene rings is 1. The van der Waals surface area contributed by atoms with E-state index in [-0.39, 0.29) is 24.8 Å². The molecule has 29 heavy (non-hydrogen) atoms. The fraction of sp³-hybridized carbons (Fsp3) is 0.235. The van der Waals surface area contributed by atoms with E-state index < -0.39 is 35.1 Å². The molecule has 0 saturated heterocycles. The lowest BCUT2D eigenvalue weighted by atomic mass is 10.1. The number of hydrogen-bond acceptors (Lipinski definition) is 5. The smallest absolute Gasteiger partial charge is 0.339 e. The summed E-state index contributed by atoms with van der Waals surface area (Å²) in [5, 5.41) is 9.37. The summed E-state index contributed by atoms with van der Waals surface area (Å²) in [6.07, 6.45) is -10.3. The fourth-order valence-electron chi connectivity index (χ4n) is 2.34. The Kier molecular flexibility index (Phi) is 5.64. The van der Waals surface area contributed by atoms with Crippen molar-refractivity contribution in [3.05, 3.63) is 52.0 Å². The molecule has 0 fully saturated rings. The molecule has 1 amide bonds. The molecule has 0 bridgehead atoms. The lowest BCUT2D eigenvalue weighted by Gasteiger charge is -2.14. The predicted molar refractivity (Wildman–Crippen MR) is 91.0 cm³/mol. The van der Waals surface area contributed by atoms with Gasteiger partial charge in [-0.3, -0.25) is 4.79 Å². The molecule has 0 atom stereocenters. The van der Waals surface area contributed by atoms with E-state index in [2.05, 4.69) is 10.1 Å². The molecule has 0 radical (unpaired) electrons. The molecule has 5 nitrogen and oxygen atoms in total. The van der Waals surface area contributed by atoms with Gasteiger partial charge < -0.3 is 9.84 Å². The summed E-state index contributed by atoms with van der Waals surface area (Å²) in [5.74, 6) is -0.372. The van der Waals surface area contributed by atoms with Crippen LogP contribution in [-0.2, 0) is 23.6 Å². The van der Waals surface area contributed by atoms with Gasteiger partial charge in [0, 0.05) is 29.5 Å². The molecular weight excluding hydrogens is 424 g/mol. The number of hydrogen-bond donors (Lipinski definition) is 1. The second-order valence-electron chi connectivity index (χ2n) is 5.87. The third kappa shape index (κ3) is 5.34. The molecule has 2 heterocycles. The molecule has 3 rings (SSSR count). The molecule has 1 aromatic carbocycles.